The average Bonchev–Trinajstić information content (AvgIpc) is 3.51. The first-order valence-electron chi connectivity index (χ1n) is 21.7. The van der Waals surface area contributed by atoms with Crippen LogP contribution in [0.15, 0.2) is 47.6 Å². The molecule has 0 radical (unpaired) electrons. The number of alkyl carbamates (subject to hydrolysis) is 2. The van der Waals surface area contributed by atoms with E-state index in [1.165, 1.54) is 11.8 Å². The van der Waals surface area contributed by atoms with Gasteiger partial charge in [0.15, 0.2) is 0 Å². The minimum absolute atomic E-state index is 0.0174. The number of nitrogens with one attached hydrogen (secondary N) is 3. The van der Waals surface area contributed by atoms with E-state index in [4.69, 9.17) is 18.9 Å². The average molecular weight is 991 g/mol. The van der Waals surface area contributed by atoms with Crippen molar-refractivity contribution in [3.05, 3.63) is 59.3 Å². The van der Waals surface area contributed by atoms with Gasteiger partial charge in [-0.05, 0) is 121 Å². The lowest BCUT2D eigenvalue weighted by Crippen LogP contribution is -2.71. The van der Waals surface area contributed by atoms with Gasteiger partial charge in [-0.2, -0.15) is 0 Å². The molecule has 0 unspecified atom stereocenters. The summed E-state index contributed by atoms with van der Waals surface area (Å²) in [5.74, 6) is -0.643. The first-order chi connectivity index (χ1) is 28.9. The number of hydrogen-bond acceptors (Lipinski definition) is 11. The van der Waals surface area contributed by atoms with Crippen molar-refractivity contribution >= 4 is 64.2 Å². The third-order valence-electron chi connectivity index (χ3n) is 13.5. The van der Waals surface area contributed by atoms with E-state index in [-0.39, 0.29) is 60.4 Å². The van der Waals surface area contributed by atoms with Crippen molar-refractivity contribution in [2.75, 3.05) is 19.4 Å². The lowest BCUT2D eigenvalue weighted by molar-refractivity contribution is -0.191. The number of thioether (sulfide) groups is 1. The fourth-order valence-electron chi connectivity index (χ4n) is 10.1. The first kappa shape index (κ1) is 49.6. The van der Waals surface area contributed by atoms with Crippen molar-refractivity contribution in [3.63, 3.8) is 0 Å². The molecule has 0 aliphatic heterocycles. The van der Waals surface area contributed by atoms with Gasteiger partial charge < -0.3 is 34.9 Å². The van der Waals surface area contributed by atoms with Crippen LogP contribution >= 0.6 is 34.4 Å². The van der Waals surface area contributed by atoms with Crippen LogP contribution in [0.3, 0.4) is 0 Å². The predicted octanol–water partition coefficient (Wildman–Crippen LogP) is 8.98. The van der Waals surface area contributed by atoms with E-state index in [0.29, 0.717) is 23.4 Å². The van der Waals surface area contributed by atoms with Crippen LogP contribution < -0.4 is 16.0 Å². The van der Waals surface area contributed by atoms with Crippen molar-refractivity contribution in [3.8, 4) is 0 Å². The molecule has 1 aromatic carbocycles. The van der Waals surface area contributed by atoms with E-state index in [0.717, 1.165) is 36.8 Å². The number of amides is 3. The van der Waals surface area contributed by atoms with E-state index in [1.807, 2.05) is 19.1 Å². The molecule has 15 heteroatoms. The molecule has 5 rings (SSSR count). The quantitative estimate of drug-likeness (QED) is 0.0576. The van der Waals surface area contributed by atoms with E-state index in [1.54, 1.807) is 79.1 Å². The summed E-state index contributed by atoms with van der Waals surface area (Å²) in [5, 5.41) is 9.14. The Balaban J connectivity index is 1.31. The maximum Gasteiger partial charge on any atom is 0.407 e. The number of halogens is 1. The Labute approximate surface area is 385 Å². The molecule has 3 aliphatic carbocycles. The first-order valence-corrected chi connectivity index (χ1v) is 23.8. The Morgan fingerprint density at radius 2 is 1.42 bits per heavy atom. The Kier molecular flexibility index (Phi) is 15.5. The molecular formula is C47H67IN4O9S. The van der Waals surface area contributed by atoms with Crippen molar-refractivity contribution < 1.29 is 42.9 Å². The summed E-state index contributed by atoms with van der Waals surface area (Å²) in [5.41, 5.74) is -0.993. The highest BCUT2D eigenvalue weighted by atomic mass is 127. The largest absolute Gasteiger partial charge is 0.461 e. The Morgan fingerprint density at radius 1 is 0.839 bits per heavy atom. The number of Topliss-reactive ketones (excluding diaryl/α,β-unsaturated/α-hetero) is 1. The summed E-state index contributed by atoms with van der Waals surface area (Å²) in [6.45, 7) is 20.1. The fraction of sp³-hybridized carbons (Fsp3) is 0.660. The molecule has 342 valence electrons. The molecule has 0 saturated heterocycles. The van der Waals surface area contributed by atoms with Crippen molar-refractivity contribution in [1.82, 2.24) is 20.9 Å². The zero-order chi connectivity index (χ0) is 45.9. The molecule has 62 heavy (non-hydrogen) atoms. The molecule has 0 spiro atoms. The second-order valence-electron chi connectivity index (χ2n) is 19.9. The van der Waals surface area contributed by atoms with Crippen LogP contribution in [0.1, 0.15) is 129 Å². The maximum atomic E-state index is 15.1. The summed E-state index contributed by atoms with van der Waals surface area (Å²) in [6, 6.07) is 10.6. The molecular weight excluding hydrogens is 924 g/mol. The molecule has 2 aromatic rings. The van der Waals surface area contributed by atoms with Crippen LogP contribution in [0.25, 0.3) is 0 Å². The molecule has 2 bridgehead atoms. The lowest BCUT2D eigenvalue weighted by atomic mass is 9.43. The Hall–Kier alpha value is -3.44. The molecule has 1 aromatic heterocycles. The highest BCUT2D eigenvalue weighted by Gasteiger charge is 2.76. The number of ketones is 1. The summed E-state index contributed by atoms with van der Waals surface area (Å²) in [7, 11) is 1.75. The van der Waals surface area contributed by atoms with E-state index in [9.17, 15) is 19.2 Å². The van der Waals surface area contributed by atoms with Gasteiger partial charge in [-0.3, -0.25) is 14.4 Å². The number of alkyl halides is 1. The van der Waals surface area contributed by atoms with Gasteiger partial charge in [0.05, 0.1) is 20.3 Å². The predicted molar refractivity (Wildman–Crippen MR) is 247 cm³/mol. The van der Waals surface area contributed by atoms with Gasteiger partial charge >= 0.3 is 18.2 Å². The molecule has 3 aliphatic rings. The second-order valence-corrected chi connectivity index (χ2v) is 22.6. The summed E-state index contributed by atoms with van der Waals surface area (Å²) >= 11 is 3.89. The standard InChI is InChI=1S/C47H67IN4O9S/c1-29-18-20-46-21-19-34(58-11)47(46,48)45(29,10)35(59-37(53)28-62-36-17-14-32(26-50-36)27-52-41(57)61-43(6,7)8)24-44(9,38(54)30(46)2)22-23-49-39(55)33-15-12-31(13-16-33)25-51-40(56)60-42(3,4)5/h12-17,26,29-30,34-35H,18-25,27-28H2,1-11H3,(H,49,55)(H,51,56)(H,52,57)/t29-,30+,34-,35-,44+,45+,46+,47-/m1/s1. The SMILES string of the molecule is CO[C@@H]1CC[C@@]23CC[C@@H](C)[C@@](C)([C@H](OC(=O)CSc4ccc(CNC(=O)OC(C)(C)C)cn4)C[C@](C)(CCNC(=O)c4ccc(CNC(=O)OC(C)(C)C)cc4)C(=O)[C@@H]2C)[C@]13I. The van der Waals surface area contributed by atoms with Crippen LogP contribution in [0.2, 0.25) is 0 Å². The number of aromatic nitrogens is 1. The zero-order valence-electron chi connectivity index (χ0n) is 38.3. The van der Waals surface area contributed by atoms with Crippen LogP contribution in [0.4, 0.5) is 9.59 Å². The Morgan fingerprint density at radius 3 is 1.98 bits per heavy atom. The third kappa shape index (κ3) is 10.7. The highest BCUT2D eigenvalue weighted by Crippen LogP contribution is 2.74. The van der Waals surface area contributed by atoms with Gasteiger partial charge in [0.2, 0.25) is 0 Å². The van der Waals surface area contributed by atoms with Gasteiger partial charge in [-0.15, -0.1) is 0 Å². The topological polar surface area (TPSA) is 171 Å². The van der Waals surface area contributed by atoms with E-state index < -0.39 is 49.7 Å². The summed E-state index contributed by atoms with van der Waals surface area (Å²) in [4.78, 5) is 71.3. The fourth-order valence-corrected chi connectivity index (χ4v) is 13.2. The number of carbonyl (C=O) groups is 5. The monoisotopic (exact) mass is 990 g/mol. The van der Waals surface area contributed by atoms with Crippen molar-refractivity contribution in [1.29, 1.82) is 0 Å². The number of benzene rings is 1. The van der Waals surface area contributed by atoms with E-state index in [2.05, 4.69) is 64.3 Å². The minimum atomic E-state index is -0.916. The highest BCUT2D eigenvalue weighted by molar-refractivity contribution is 14.1. The van der Waals surface area contributed by atoms with Gasteiger partial charge in [0.1, 0.15) is 23.1 Å². The number of ether oxygens (including phenoxy) is 4. The van der Waals surface area contributed by atoms with Crippen molar-refractivity contribution in [2.45, 2.75) is 153 Å². The number of pyridine rings is 1. The lowest BCUT2D eigenvalue weighted by Gasteiger charge is -2.66. The molecule has 13 nitrogen and oxygen atoms in total. The molecule has 3 saturated carbocycles. The number of esters is 1. The summed E-state index contributed by atoms with van der Waals surface area (Å²) in [6.07, 6.45) is 3.98. The molecule has 3 fully saturated rings. The van der Waals surface area contributed by atoms with Gasteiger partial charge in [0.25, 0.3) is 5.91 Å². The number of hydrogen-bond donors (Lipinski definition) is 3. The number of nitrogens with zero attached hydrogens (tertiary/aromatic N) is 1. The van der Waals surface area contributed by atoms with Crippen LogP contribution in [-0.2, 0) is 41.6 Å². The zero-order valence-corrected chi connectivity index (χ0v) is 41.3. The molecule has 8 atom stereocenters. The normalized spacial score (nSPS) is 29.6. The van der Waals surface area contributed by atoms with Crippen LogP contribution in [0.5, 0.6) is 0 Å². The van der Waals surface area contributed by atoms with E-state index >= 15 is 4.79 Å². The maximum absolute atomic E-state index is 15.1. The molecule has 3 N–H and O–H groups in total. The molecule has 3 amide bonds. The van der Waals surface area contributed by atoms with Gasteiger partial charge in [-0.25, -0.2) is 14.6 Å². The van der Waals surface area contributed by atoms with Crippen LogP contribution in [0, 0.1) is 28.1 Å². The van der Waals surface area contributed by atoms with Gasteiger partial charge in [-0.1, -0.05) is 80.2 Å². The smallest absolute Gasteiger partial charge is 0.407 e. The number of rotatable bonds is 13. The second kappa shape index (κ2) is 19.3. The van der Waals surface area contributed by atoms with Crippen LogP contribution in [-0.4, -0.2) is 81.1 Å². The number of carbonyl (C=O) groups excluding carboxylic acids is 5. The van der Waals surface area contributed by atoms with Crippen molar-refractivity contribution in [2.24, 2.45) is 28.1 Å². The Bertz CT molecular complexity index is 1950. The van der Waals surface area contributed by atoms with Gasteiger partial charge in [0, 0.05) is 55.3 Å². The third-order valence-corrected chi connectivity index (χ3v) is 17.4. The summed E-state index contributed by atoms with van der Waals surface area (Å²) < 4.78 is 23.1. The molecule has 1 heterocycles. The minimum Gasteiger partial charge on any atom is -0.461 e. The number of methoxy groups -OCH3 is 1.